The molecule has 2 saturated heterocycles. The van der Waals surface area contributed by atoms with E-state index >= 15 is 0 Å². The molecule has 7 heteroatoms. The van der Waals surface area contributed by atoms with Crippen molar-refractivity contribution in [2.45, 2.75) is 66.4 Å². The molecule has 2 fully saturated rings. The SMILES string of the molecule is C.CCCN(C)CCCN1CCN(C(=O)[C@@H](Cc2cccc(C)c2)OC(=O)N2CCC(C)CC2)C1. The van der Waals surface area contributed by atoms with Crippen LogP contribution >= 0.6 is 0 Å². The van der Waals surface area contributed by atoms with Gasteiger partial charge >= 0.3 is 6.09 Å². The smallest absolute Gasteiger partial charge is 0.410 e. The molecule has 0 spiro atoms. The van der Waals surface area contributed by atoms with Crippen molar-refractivity contribution in [1.82, 2.24) is 19.6 Å². The van der Waals surface area contributed by atoms with Crippen LogP contribution in [-0.2, 0) is 16.0 Å². The first-order chi connectivity index (χ1) is 16.4. The Hall–Kier alpha value is -2.12. The molecule has 0 radical (unpaired) electrons. The Bertz CT molecular complexity index is 794. The summed E-state index contributed by atoms with van der Waals surface area (Å²) in [6.07, 6.45) is 3.50. The molecule has 1 aromatic carbocycles. The Morgan fingerprint density at radius 3 is 2.54 bits per heavy atom. The predicted octanol–water partition coefficient (Wildman–Crippen LogP) is 4.24. The summed E-state index contributed by atoms with van der Waals surface area (Å²) < 4.78 is 5.89. The van der Waals surface area contributed by atoms with Crippen LogP contribution in [0.5, 0.6) is 0 Å². The lowest BCUT2D eigenvalue weighted by Gasteiger charge is -2.31. The third-order valence-corrected chi connectivity index (χ3v) is 7.05. The van der Waals surface area contributed by atoms with Gasteiger partial charge in [0.2, 0.25) is 0 Å². The Morgan fingerprint density at radius 2 is 1.86 bits per heavy atom. The number of rotatable bonds is 10. The maximum Gasteiger partial charge on any atom is 0.410 e. The van der Waals surface area contributed by atoms with Crippen LogP contribution in [0.3, 0.4) is 0 Å². The van der Waals surface area contributed by atoms with Gasteiger partial charge in [0.1, 0.15) is 0 Å². The van der Waals surface area contributed by atoms with Gasteiger partial charge in [-0.1, -0.05) is 51.1 Å². The van der Waals surface area contributed by atoms with Gasteiger partial charge in [-0.15, -0.1) is 0 Å². The number of nitrogens with zero attached hydrogens (tertiary/aromatic N) is 4. The summed E-state index contributed by atoms with van der Waals surface area (Å²) in [6.45, 7) is 13.2. The van der Waals surface area contributed by atoms with E-state index in [1.54, 1.807) is 4.90 Å². The van der Waals surface area contributed by atoms with Crippen molar-refractivity contribution in [3.8, 4) is 0 Å². The van der Waals surface area contributed by atoms with Gasteiger partial charge in [-0.05, 0) is 64.2 Å². The fourth-order valence-electron chi connectivity index (χ4n) is 4.89. The first-order valence-electron chi connectivity index (χ1n) is 13.1. The van der Waals surface area contributed by atoms with E-state index in [1.165, 1.54) is 6.42 Å². The number of carbonyl (C=O) groups excluding carboxylic acids is 2. The van der Waals surface area contributed by atoms with Gasteiger partial charge in [0.15, 0.2) is 6.10 Å². The normalized spacial score (nSPS) is 18.0. The van der Waals surface area contributed by atoms with Crippen LogP contribution in [0.1, 0.15) is 58.1 Å². The third kappa shape index (κ3) is 9.12. The summed E-state index contributed by atoms with van der Waals surface area (Å²) in [4.78, 5) is 34.8. The van der Waals surface area contributed by atoms with E-state index in [0.717, 1.165) is 56.6 Å². The van der Waals surface area contributed by atoms with Gasteiger partial charge in [0.25, 0.3) is 5.91 Å². The van der Waals surface area contributed by atoms with Crippen molar-refractivity contribution in [2.75, 3.05) is 59.5 Å². The molecule has 0 aromatic heterocycles. The van der Waals surface area contributed by atoms with Crippen LogP contribution in [0, 0.1) is 12.8 Å². The van der Waals surface area contributed by atoms with Crippen LogP contribution in [0.2, 0.25) is 0 Å². The van der Waals surface area contributed by atoms with E-state index in [9.17, 15) is 9.59 Å². The van der Waals surface area contributed by atoms with Gasteiger partial charge in [-0.25, -0.2) is 4.79 Å². The number of amides is 2. The summed E-state index contributed by atoms with van der Waals surface area (Å²) in [7, 11) is 2.16. The second kappa shape index (κ2) is 14.4. The van der Waals surface area contributed by atoms with Gasteiger partial charge < -0.3 is 19.4 Å². The minimum absolute atomic E-state index is 0. The van der Waals surface area contributed by atoms with Crippen molar-refractivity contribution in [2.24, 2.45) is 5.92 Å². The number of aryl methyl sites for hydroxylation is 1. The number of likely N-dealkylation sites (tertiary alicyclic amines) is 1. The van der Waals surface area contributed by atoms with E-state index in [-0.39, 0.29) is 19.4 Å². The number of carbonyl (C=O) groups is 2. The summed E-state index contributed by atoms with van der Waals surface area (Å²) in [6, 6.07) is 8.11. The van der Waals surface area contributed by atoms with Crippen LogP contribution in [0.25, 0.3) is 0 Å². The molecule has 2 amide bonds. The van der Waals surface area contributed by atoms with Gasteiger partial charge in [0, 0.05) is 39.1 Å². The highest BCUT2D eigenvalue weighted by molar-refractivity contribution is 5.84. The van der Waals surface area contributed by atoms with Crippen molar-refractivity contribution in [1.29, 1.82) is 0 Å². The minimum Gasteiger partial charge on any atom is -0.436 e. The number of hydrogen-bond acceptors (Lipinski definition) is 5. The molecule has 3 rings (SSSR count). The van der Waals surface area contributed by atoms with E-state index in [4.69, 9.17) is 4.74 Å². The Morgan fingerprint density at radius 1 is 1.11 bits per heavy atom. The molecule has 0 bridgehead atoms. The lowest BCUT2D eigenvalue weighted by atomic mass is 10.00. The van der Waals surface area contributed by atoms with E-state index in [0.29, 0.717) is 38.6 Å². The average Bonchev–Trinajstić information content (AvgIpc) is 3.27. The highest BCUT2D eigenvalue weighted by Gasteiger charge is 2.34. The molecule has 0 aliphatic carbocycles. The summed E-state index contributed by atoms with van der Waals surface area (Å²) in [5.41, 5.74) is 2.16. The standard InChI is InChI=1S/C27H44N4O3.CH4/c1-5-12-28(4)13-7-14-29-17-18-31(21-29)26(32)25(20-24-9-6-8-23(3)19-24)34-27(33)30-15-10-22(2)11-16-30;/h6,8-9,19,22,25H,5,7,10-18,20-21H2,1-4H3;1H4/t25-;/m1./s1. The predicted molar refractivity (Wildman–Crippen MR) is 142 cm³/mol. The number of hydrogen-bond donors (Lipinski definition) is 0. The summed E-state index contributed by atoms with van der Waals surface area (Å²) in [5.74, 6) is 0.553. The molecular weight excluding hydrogens is 440 g/mol. The van der Waals surface area contributed by atoms with Crippen molar-refractivity contribution >= 4 is 12.0 Å². The van der Waals surface area contributed by atoms with Crippen LogP contribution in [0.15, 0.2) is 24.3 Å². The van der Waals surface area contributed by atoms with Gasteiger partial charge in [-0.2, -0.15) is 0 Å². The molecule has 2 aliphatic heterocycles. The second-order valence-corrected chi connectivity index (χ2v) is 10.3. The van der Waals surface area contributed by atoms with E-state index in [1.807, 2.05) is 30.0 Å². The molecule has 0 saturated carbocycles. The molecule has 7 nitrogen and oxygen atoms in total. The first kappa shape index (κ1) is 29.1. The summed E-state index contributed by atoms with van der Waals surface area (Å²) in [5, 5.41) is 0. The molecule has 2 heterocycles. The highest BCUT2D eigenvalue weighted by Crippen LogP contribution is 2.19. The zero-order chi connectivity index (χ0) is 24.5. The van der Waals surface area contributed by atoms with Crippen molar-refractivity contribution in [3.63, 3.8) is 0 Å². The molecule has 1 atom stereocenters. The topological polar surface area (TPSA) is 56.3 Å². The molecular formula is C28H48N4O3. The monoisotopic (exact) mass is 488 g/mol. The van der Waals surface area contributed by atoms with Crippen LogP contribution in [-0.4, -0.2) is 97.2 Å². The lowest BCUT2D eigenvalue weighted by molar-refractivity contribution is -0.140. The maximum absolute atomic E-state index is 13.5. The Kier molecular flexibility index (Phi) is 12.0. The van der Waals surface area contributed by atoms with Crippen molar-refractivity contribution < 1.29 is 14.3 Å². The van der Waals surface area contributed by atoms with E-state index < -0.39 is 6.10 Å². The fourth-order valence-corrected chi connectivity index (χ4v) is 4.89. The quantitative estimate of drug-likeness (QED) is 0.493. The minimum atomic E-state index is -0.788. The van der Waals surface area contributed by atoms with E-state index in [2.05, 4.69) is 36.8 Å². The molecule has 2 aliphatic rings. The Balaban J connectivity index is 0.00000432. The number of benzene rings is 1. The molecule has 0 N–H and O–H groups in total. The lowest BCUT2D eigenvalue weighted by Crippen LogP contribution is -2.46. The fraction of sp³-hybridized carbons (Fsp3) is 0.714. The largest absolute Gasteiger partial charge is 0.436 e. The zero-order valence-electron chi connectivity index (χ0n) is 21.7. The number of piperidine rings is 1. The zero-order valence-corrected chi connectivity index (χ0v) is 21.7. The average molecular weight is 489 g/mol. The third-order valence-electron chi connectivity index (χ3n) is 7.05. The van der Waals surface area contributed by atoms with Gasteiger partial charge in [-0.3, -0.25) is 9.69 Å². The molecule has 0 unspecified atom stereocenters. The maximum atomic E-state index is 13.5. The Labute approximate surface area is 213 Å². The highest BCUT2D eigenvalue weighted by atomic mass is 16.6. The number of ether oxygens (including phenoxy) is 1. The molecule has 198 valence electrons. The first-order valence-corrected chi connectivity index (χ1v) is 13.1. The molecule has 1 aromatic rings. The van der Waals surface area contributed by atoms with Crippen molar-refractivity contribution in [3.05, 3.63) is 35.4 Å². The van der Waals surface area contributed by atoms with Crippen LogP contribution in [0.4, 0.5) is 4.79 Å². The van der Waals surface area contributed by atoms with Crippen LogP contribution < -0.4 is 0 Å². The van der Waals surface area contributed by atoms with Gasteiger partial charge in [0.05, 0.1) is 6.67 Å². The summed E-state index contributed by atoms with van der Waals surface area (Å²) >= 11 is 0. The second-order valence-electron chi connectivity index (χ2n) is 10.3. The molecule has 35 heavy (non-hydrogen) atoms.